The van der Waals surface area contributed by atoms with Gasteiger partial charge in [-0.3, -0.25) is 10.1 Å². The van der Waals surface area contributed by atoms with Crippen molar-refractivity contribution in [3.8, 4) is 0 Å². The zero-order chi connectivity index (χ0) is 17.3. The number of halogens is 3. The third kappa shape index (κ3) is 3.48. The fourth-order valence-electron chi connectivity index (χ4n) is 3.63. The van der Waals surface area contributed by atoms with Gasteiger partial charge in [0, 0.05) is 37.5 Å². The Hall–Kier alpha value is -1.83. The minimum atomic E-state index is -4.62. The van der Waals surface area contributed by atoms with Crippen LogP contribution in [0.3, 0.4) is 0 Å². The minimum Gasteiger partial charge on any atom is -0.378 e. The van der Waals surface area contributed by atoms with Crippen molar-refractivity contribution >= 4 is 11.4 Å². The van der Waals surface area contributed by atoms with Gasteiger partial charge in [0.05, 0.1) is 16.6 Å². The van der Waals surface area contributed by atoms with E-state index in [1.165, 1.54) is 6.07 Å². The van der Waals surface area contributed by atoms with Gasteiger partial charge in [0.1, 0.15) is 0 Å². The molecule has 0 radical (unpaired) electrons. The molecule has 0 aliphatic carbocycles. The van der Waals surface area contributed by atoms with Crippen molar-refractivity contribution in [3.05, 3.63) is 33.9 Å². The Morgan fingerprint density at radius 2 is 1.92 bits per heavy atom. The van der Waals surface area contributed by atoms with E-state index >= 15 is 0 Å². The van der Waals surface area contributed by atoms with Gasteiger partial charge in [-0.1, -0.05) is 0 Å². The second-order valence-electron chi connectivity index (χ2n) is 6.33. The first-order valence-corrected chi connectivity index (χ1v) is 8.08. The molecule has 2 aliphatic rings. The van der Waals surface area contributed by atoms with E-state index in [1.807, 2.05) is 0 Å². The number of hydrogen-bond acceptors (Lipinski definition) is 4. The number of hydrogen-bond donors (Lipinski definition) is 0. The maximum Gasteiger partial charge on any atom is 0.418 e. The van der Waals surface area contributed by atoms with E-state index in [9.17, 15) is 23.3 Å². The number of alkyl halides is 3. The van der Waals surface area contributed by atoms with Crippen LogP contribution >= 0.6 is 0 Å². The molecule has 0 amide bonds. The predicted octanol–water partition coefficient (Wildman–Crippen LogP) is 4.01. The van der Waals surface area contributed by atoms with Crippen molar-refractivity contribution in [1.82, 2.24) is 0 Å². The maximum atomic E-state index is 13.3. The lowest BCUT2D eigenvalue weighted by Gasteiger charge is -2.36. The van der Waals surface area contributed by atoms with Gasteiger partial charge in [-0.05, 0) is 37.7 Å². The molecule has 0 N–H and O–H groups in total. The maximum absolute atomic E-state index is 13.3. The highest BCUT2D eigenvalue weighted by molar-refractivity contribution is 5.59. The summed E-state index contributed by atoms with van der Waals surface area (Å²) in [6, 6.07) is 2.98. The van der Waals surface area contributed by atoms with Gasteiger partial charge in [0.2, 0.25) is 0 Å². The lowest BCUT2D eigenvalue weighted by molar-refractivity contribution is -0.385. The molecular formula is C16H19F3N2O3. The van der Waals surface area contributed by atoms with E-state index in [2.05, 4.69) is 0 Å². The van der Waals surface area contributed by atoms with Crippen molar-refractivity contribution in [2.45, 2.75) is 38.0 Å². The number of non-ortho nitro benzene ring substituents is 1. The number of ether oxygens (including phenoxy) is 1. The van der Waals surface area contributed by atoms with Crippen molar-refractivity contribution < 1.29 is 22.8 Å². The van der Waals surface area contributed by atoms with Crippen LogP contribution in [0, 0.1) is 16.0 Å². The third-order valence-electron chi connectivity index (χ3n) is 4.87. The standard InChI is InChI=1S/C16H19F3N2O3/c17-16(18,19)13-10-12(21(22)23)3-4-14(13)20-7-5-11(6-8-20)15-2-1-9-24-15/h3-4,10-11,15H,1-2,5-9H2. The van der Waals surface area contributed by atoms with Gasteiger partial charge < -0.3 is 9.64 Å². The van der Waals surface area contributed by atoms with E-state index in [0.717, 1.165) is 38.4 Å². The summed E-state index contributed by atoms with van der Waals surface area (Å²) in [5.41, 5.74) is -1.45. The molecule has 2 saturated heterocycles. The largest absolute Gasteiger partial charge is 0.418 e. The Labute approximate surface area is 137 Å². The van der Waals surface area contributed by atoms with Crippen molar-refractivity contribution in [3.63, 3.8) is 0 Å². The molecule has 24 heavy (non-hydrogen) atoms. The van der Waals surface area contributed by atoms with Crippen LogP contribution in [0.5, 0.6) is 0 Å². The Bertz CT molecular complexity index is 607. The number of nitro benzene ring substituents is 1. The fraction of sp³-hybridized carbons (Fsp3) is 0.625. The Morgan fingerprint density at radius 3 is 2.46 bits per heavy atom. The van der Waals surface area contributed by atoms with Crippen LogP contribution in [-0.2, 0) is 10.9 Å². The Balaban J connectivity index is 1.78. The molecule has 0 spiro atoms. The smallest absolute Gasteiger partial charge is 0.378 e. The lowest BCUT2D eigenvalue weighted by Crippen LogP contribution is -2.38. The zero-order valence-corrected chi connectivity index (χ0v) is 13.1. The molecule has 2 heterocycles. The monoisotopic (exact) mass is 344 g/mol. The molecule has 0 saturated carbocycles. The van der Waals surface area contributed by atoms with Gasteiger partial charge in [-0.2, -0.15) is 13.2 Å². The summed E-state index contributed by atoms with van der Waals surface area (Å²) in [6.45, 7) is 1.78. The van der Waals surface area contributed by atoms with Crippen LogP contribution < -0.4 is 4.90 Å². The second kappa shape index (κ2) is 6.58. The topological polar surface area (TPSA) is 55.6 Å². The SMILES string of the molecule is O=[N+]([O-])c1ccc(N2CCC(C3CCCO3)CC2)c(C(F)(F)F)c1. The highest BCUT2D eigenvalue weighted by atomic mass is 19.4. The van der Waals surface area contributed by atoms with Gasteiger partial charge in [0.25, 0.3) is 5.69 Å². The summed E-state index contributed by atoms with van der Waals surface area (Å²) in [6.07, 6.45) is -0.766. The minimum absolute atomic E-state index is 0.0268. The van der Waals surface area contributed by atoms with Crippen LogP contribution in [0.2, 0.25) is 0 Å². The average molecular weight is 344 g/mol. The van der Waals surface area contributed by atoms with Gasteiger partial charge in [-0.25, -0.2) is 0 Å². The van der Waals surface area contributed by atoms with E-state index in [4.69, 9.17) is 4.74 Å². The summed E-state index contributed by atoms with van der Waals surface area (Å²) in [5.74, 6) is 0.385. The molecule has 8 heteroatoms. The summed E-state index contributed by atoms with van der Waals surface area (Å²) in [7, 11) is 0. The molecule has 2 aliphatic heterocycles. The van der Waals surface area contributed by atoms with E-state index in [-0.39, 0.29) is 11.8 Å². The Kier molecular flexibility index (Phi) is 4.67. The molecule has 1 unspecified atom stereocenters. The highest BCUT2D eigenvalue weighted by Crippen LogP contribution is 2.40. The van der Waals surface area contributed by atoms with E-state index < -0.39 is 22.4 Å². The first-order chi connectivity index (χ1) is 11.4. The van der Waals surface area contributed by atoms with Gasteiger partial charge in [-0.15, -0.1) is 0 Å². The van der Waals surface area contributed by atoms with Crippen LogP contribution in [-0.4, -0.2) is 30.7 Å². The molecule has 0 bridgehead atoms. The highest BCUT2D eigenvalue weighted by Gasteiger charge is 2.38. The number of rotatable bonds is 3. The number of nitrogens with zero attached hydrogens (tertiary/aromatic N) is 2. The van der Waals surface area contributed by atoms with Crippen LogP contribution in [0.1, 0.15) is 31.2 Å². The van der Waals surface area contributed by atoms with Crippen molar-refractivity contribution in [1.29, 1.82) is 0 Å². The first kappa shape index (κ1) is 17.0. The van der Waals surface area contributed by atoms with Gasteiger partial charge in [0.15, 0.2) is 0 Å². The summed E-state index contributed by atoms with van der Waals surface area (Å²) in [4.78, 5) is 11.6. The molecule has 1 atom stereocenters. The van der Waals surface area contributed by atoms with Crippen LogP contribution in [0.4, 0.5) is 24.5 Å². The first-order valence-electron chi connectivity index (χ1n) is 8.08. The number of anilines is 1. The fourth-order valence-corrected chi connectivity index (χ4v) is 3.63. The predicted molar refractivity (Wildman–Crippen MR) is 82.0 cm³/mol. The van der Waals surface area contributed by atoms with Crippen molar-refractivity contribution in [2.75, 3.05) is 24.6 Å². The molecule has 5 nitrogen and oxygen atoms in total. The molecule has 3 rings (SSSR count). The molecule has 0 aromatic heterocycles. The molecular weight excluding hydrogens is 325 g/mol. The second-order valence-corrected chi connectivity index (χ2v) is 6.33. The van der Waals surface area contributed by atoms with E-state index in [1.54, 1.807) is 4.90 Å². The number of nitro groups is 1. The molecule has 1 aromatic carbocycles. The average Bonchev–Trinajstić information content (AvgIpc) is 3.08. The lowest BCUT2D eigenvalue weighted by atomic mass is 9.89. The number of benzene rings is 1. The molecule has 1 aromatic rings. The normalized spacial score (nSPS) is 22.8. The summed E-state index contributed by atoms with van der Waals surface area (Å²) >= 11 is 0. The van der Waals surface area contributed by atoms with Crippen LogP contribution in [0.15, 0.2) is 18.2 Å². The van der Waals surface area contributed by atoms with Crippen molar-refractivity contribution in [2.24, 2.45) is 5.92 Å². The van der Waals surface area contributed by atoms with E-state index in [0.29, 0.717) is 25.1 Å². The summed E-state index contributed by atoms with van der Waals surface area (Å²) < 4.78 is 45.6. The van der Waals surface area contributed by atoms with Crippen LogP contribution in [0.25, 0.3) is 0 Å². The quantitative estimate of drug-likeness (QED) is 0.614. The molecule has 2 fully saturated rings. The third-order valence-corrected chi connectivity index (χ3v) is 4.87. The zero-order valence-electron chi connectivity index (χ0n) is 13.1. The summed E-state index contributed by atoms with van der Waals surface area (Å²) in [5, 5.41) is 10.8. The molecule has 132 valence electrons. The van der Waals surface area contributed by atoms with Gasteiger partial charge >= 0.3 is 6.18 Å². The number of piperidine rings is 1. The Morgan fingerprint density at radius 1 is 1.21 bits per heavy atom.